The zero-order valence-electron chi connectivity index (χ0n) is 14.3. The van der Waals surface area contributed by atoms with Gasteiger partial charge < -0.3 is 13.9 Å². The van der Waals surface area contributed by atoms with E-state index in [9.17, 15) is 5.11 Å². The molecule has 0 unspecified atom stereocenters. The maximum atomic E-state index is 10.1. The summed E-state index contributed by atoms with van der Waals surface area (Å²) in [6.45, 7) is 17.5. The molecule has 4 heteroatoms. The van der Waals surface area contributed by atoms with Crippen molar-refractivity contribution in [3.05, 3.63) is 36.3 Å². The van der Waals surface area contributed by atoms with Gasteiger partial charge in [-0.1, -0.05) is 33.8 Å². The Morgan fingerprint density at radius 1 is 1.38 bits per heavy atom. The van der Waals surface area contributed by atoms with Gasteiger partial charge in [-0.25, -0.2) is 0 Å². The lowest BCUT2D eigenvalue weighted by Gasteiger charge is -2.36. The zero-order chi connectivity index (χ0) is 16.3. The lowest BCUT2D eigenvalue weighted by Crippen LogP contribution is -2.41. The van der Waals surface area contributed by atoms with Crippen LogP contribution >= 0.6 is 0 Å². The first-order valence-electron chi connectivity index (χ1n) is 7.61. The van der Waals surface area contributed by atoms with Crippen LogP contribution in [-0.4, -0.2) is 20.0 Å². The molecule has 1 rings (SSSR count). The van der Waals surface area contributed by atoms with E-state index in [1.165, 1.54) is 0 Å². The van der Waals surface area contributed by atoms with E-state index >= 15 is 0 Å². The van der Waals surface area contributed by atoms with E-state index in [-0.39, 0.29) is 11.0 Å². The van der Waals surface area contributed by atoms with Gasteiger partial charge in [-0.3, -0.25) is 0 Å². The van der Waals surface area contributed by atoms with Crippen LogP contribution < -0.4 is 0 Å². The van der Waals surface area contributed by atoms with Gasteiger partial charge in [-0.2, -0.15) is 0 Å². The summed E-state index contributed by atoms with van der Waals surface area (Å²) in [4.78, 5) is 0. The molecule has 0 saturated heterocycles. The highest BCUT2D eigenvalue weighted by Crippen LogP contribution is 2.36. The van der Waals surface area contributed by atoms with Crippen LogP contribution in [0.3, 0.4) is 0 Å². The van der Waals surface area contributed by atoms with Crippen molar-refractivity contribution < 1.29 is 13.9 Å². The highest BCUT2D eigenvalue weighted by Gasteiger charge is 2.36. The standard InChI is InChI=1S/C17H30O3Si/c1-8-13(2)16(18)15-10-9-14(20-15)11-12-19-21(6,7)17(3,4)5/h8-10,13,16,18H,1,11-12H2,2-7H3/t13-,16+/m1/s1. The first-order chi connectivity index (χ1) is 9.58. The van der Waals surface area contributed by atoms with Crippen LogP contribution in [0.2, 0.25) is 18.1 Å². The van der Waals surface area contributed by atoms with Crippen molar-refractivity contribution in [2.75, 3.05) is 6.61 Å². The lowest BCUT2D eigenvalue weighted by molar-refractivity contribution is 0.112. The summed E-state index contributed by atoms with van der Waals surface area (Å²) in [5.74, 6) is 1.44. The van der Waals surface area contributed by atoms with Crippen LogP contribution in [0.5, 0.6) is 0 Å². The molecular weight excluding hydrogens is 280 g/mol. The summed E-state index contributed by atoms with van der Waals surface area (Å²) < 4.78 is 11.8. The maximum absolute atomic E-state index is 10.1. The minimum absolute atomic E-state index is 0.0209. The Labute approximate surface area is 130 Å². The van der Waals surface area contributed by atoms with Crippen LogP contribution in [0, 0.1) is 5.92 Å². The van der Waals surface area contributed by atoms with Crippen molar-refractivity contribution in [2.45, 2.75) is 58.4 Å². The van der Waals surface area contributed by atoms with Crippen molar-refractivity contribution in [3.63, 3.8) is 0 Å². The van der Waals surface area contributed by atoms with Crippen LogP contribution in [0.4, 0.5) is 0 Å². The summed E-state index contributed by atoms with van der Waals surface area (Å²) in [7, 11) is -1.70. The molecule has 21 heavy (non-hydrogen) atoms. The van der Waals surface area contributed by atoms with Gasteiger partial charge in [0, 0.05) is 18.9 Å². The highest BCUT2D eigenvalue weighted by molar-refractivity contribution is 6.74. The van der Waals surface area contributed by atoms with Crippen LogP contribution in [0.25, 0.3) is 0 Å². The first-order valence-corrected chi connectivity index (χ1v) is 10.5. The fourth-order valence-electron chi connectivity index (χ4n) is 1.70. The molecule has 0 radical (unpaired) electrons. The third-order valence-electron chi connectivity index (χ3n) is 4.46. The van der Waals surface area contributed by atoms with Gasteiger partial charge in [0.05, 0.1) is 0 Å². The van der Waals surface area contributed by atoms with Gasteiger partial charge in [0.15, 0.2) is 8.32 Å². The molecule has 0 fully saturated rings. The molecule has 0 amide bonds. The maximum Gasteiger partial charge on any atom is 0.191 e. The van der Waals surface area contributed by atoms with E-state index in [2.05, 4.69) is 40.4 Å². The molecular formula is C17H30O3Si. The highest BCUT2D eigenvalue weighted by atomic mass is 28.4. The second-order valence-electron chi connectivity index (χ2n) is 7.20. The molecule has 0 aliphatic heterocycles. The Morgan fingerprint density at radius 2 is 2.00 bits per heavy atom. The van der Waals surface area contributed by atoms with Crippen molar-refractivity contribution >= 4 is 8.32 Å². The van der Waals surface area contributed by atoms with E-state index in [1.807, 2.05) is 19.1 Å². The molecule has 0 saturated carbocycles. The van der Waals surface area contributed by atoms with Gasteiger partial charge >= 0.3 is 0 Å². The van der Waals surface area contributed by atoms with Crippen LogP contribution in [0.15, 0.2) is 29.2 Å². The van der Waals surface area contributed by atoms with Crippen molar-refractivity contribution in [3.8, 4) is 0 Å². The largest absolute Gasteiger partial charge is 0.463 e. The molecule has 1 N–H and O–H groups in total. The van der Waals surface area contributed by atoms with E-state index in [1.54, 1.807) is 6.08 Å². The molecule has 2 atom stereocenters. The van der Waals surface area contributed by atoms with Gasteiger partial charge in [0.2, 0.25) is 0 Å². The zero-order valence-corrected chi connectivity index (χ0v) is 15.3. The molecule has 0 aliphatic rings. The molecule has 1 aromatic heterocycles. The Hall–Kier alpha value is -0.843. The number of aliphatic hydroxyl groups excluding tert-OH is 1. The summed E-state index contributed by atoms with van der Waals surface area (Å²) in [5, 5.41) is 10.3. The molecule has 3 nitrogen and oxygen atoms in total. The SMILES string of the molecule is C=C[C@@H](C)[C@H](O)c1ccc(CCO[Si](C)(C)C(C)(C)C)o1. The third-order valence-corrected chi connectivity index (χ3v) is 9.00. The van der Waals surface area contributed by atoms with Gasteiger partial charge in [-0.05, 0) is 30.3 Å². The van der Waals surface area contributed by atoms with Crippen LogP contribution in [0.1, 0.15) is 45.3 Å². The first kappa shape index (κ1) is 18.2. The Kier molecular flexibility index (Phi) is 6.02. The molecule has 0 bridgehead atoms. The van der Waals surface area contributed by atoms with E-state index < -0.39 is 14.4 Å². The second kappa shape index (κ2) is 6.94. The number of furan rings is 1. The average Bonchev–Trinajstić information content (AvgIpc) is 2.84. The quantitative estimate of drug-likeness (QED) is 0.586. The smallest absolute Gasteiger partial charge is 0.191 e. The van der Waals surface area contributed by atoms with E-state index in [0.29, 0.717) is 12.4 Å². The summed E-state index contributed by atoms with van der Waals surface area (Å²) >= 11 is 0. The predicted molar refractivity (Wildman–Crippen MR) is 89.9 cm³/mol. The third kappa shape index (κ3) is 4.83. The monoisotopic (exact) mass is 310 g/mol. The summed E-state index contributed by atoms with van der Waals surface area (Å²) in [6.07, 6.45) is 1.84. The van der Waals surface area contributed by atoms with Crippen molar-refractivity contribution in [1.82, 2.24) is 0 Å². The summed E-state index contributed by atoms with van der Waals surface area (Å²) in [5.41, 5.74) is 0. The van der Waals surface area contributed by atoms with Crippen molar-refractivity contribution in [1.29, 1.82) is 0 Å². The molecule has 0 aromatic carbocycles. The summed E-state index contributed by atoms with van der Waals surface area (Å²) in [6, 6.07) is 3.76. The topological polar surface area (TPSA) is 42.6 Å². The number of aliphatic hydroxyl groups is 1. The predicted octanol–water partition coefficient (Wildman–Crippen LogP) is 4.70. The molecule has 1 aromatic rings. The van der Waals surface area contributed by atoms with Gasteiger partial charge in [0.25, 0.3) is 0 Å². The Bertz CT molecular complexity index is 457. The number of hydrogen-bond donors (Lipinski definition) is 1. The van der Waals surface area contributed by atoms with Gasteiger partial charge in [0.1, 0.15) is 17.6 Å². The van der Waals surface area contributed by atoms with E-state index in [4.69, 9.17) is 8.84 Å². The Morgan fingerprint density at radius 3 is 2.52 bits per heavy atom. The van der Waals surface area contributed by atoms with E-state index in [0.717, 1.165) is 12.2 Å². The van der Waals surface area contributed by atoms with Gasteiger partial charge in [-0.15, -0.1) is 6.58 Å². The fraction of sp³-hybridized carbons (Fsp3) is 0.647. The molecule has 0 aliphatic carbocycles. The number of rotatable bonds is 7. The Balaban J connectivity index is 2.55. The molecule has 1 heterocycles. The second-order valence-corrected chi connectivity index (χ2v) is 12.0. The minimum atomic E-state index is -1.70. The minimum Gasteiger partial charge on any atom is -0.463 e. The average molecular weight is 311 g/mol. The molecule has 0 spiro atoms. The fourth-order valence-corrected chi connectivity index (χ4v) is 2.74. The van der Waals surface area contributed by atoms with Crippen LogP contribution in [-0.2, 0) is 10.8 Å². The van der Waals surface area contributed by atoms with Crippen molar-refractivity contribution in [2.24, 2.45) is 5.92 Å². The molecule has 120 valence electrons. The lowest BCUT2D eigenvalue weighted by atomic mass is 10.0. The normalized spacial score (nSPS) is 15.8. The number of hydrogen-bond acceptors (Lipinski definition) is 3.